The molecule has 0 aliphatic carbocycles. The second-order valence-electron chi connectivity index (χ2n) is 6.25. The minimum Gasteiger partial charge on any atom is -0.479 e. The lowest BCUT2D eigenvalue weighted by Crippen LogP contribution is -2.28. The van der Waals surface area contributed by atoms with Gasteiger partial charge in [0.2, 0.25) is 11.8 Å². The molecular weight excluding hydrogens is 392 g/mol. The Kier molecular flexibility index (Phi) is 6.89. The van der Waals surface area contributed by atoms with Gasteiger partial charge in [0.15, 0.2) is 11.0 Å². The number of aryl methyl sites for hydroxylation is 1. The van der Waals surface area contributed by atoms with E-state index in [1.54, 1.807) is 30.8 Å². The number of benzene rings is 1. The van der Waals surface area contributed by atoms with Crippen molar-refractivity contribution >= 4 is 23.4 Å². The zero-order valence-electron chi connectivity index (χ0n) is 16.9. The van der Waals surface area contributed by atoms with Crippen LogP contribution >= 0.6 is 11.8 Å². The molecule has 3 rings (SSSR count). The van der Waals surface area contributed by atoms with Crippen molar-refractivity contribution in [3.8, 4) is 17.3 Å². The SMILES string of the molecule is COCCn1c(SCC(=O)N(C)c2ccccc2)nnc1-c1cn(C)nc1OC. The number of hydrogen-bond donors (Lipinski definition) is 0. The van der Waals surface area contributed by atoms with E-state index in [2.05, 4.69) is 15.3 Å². The molecule has 1 aromatic carbocycles. The summed E-state index contributed by atoms with van der Waals surface area (Å²) in [5.41, 5.74) is 1.58. The Morgan fingerprint density at radius 2 is 1.97 bits per heavy atom. The number of carbonyl (C=O) groups is 1. The highest BCUT2D eigenvalue weighted by Gasteiger charge is 2.21. The lowest BCUT2D eigenvalue weighted by atomic mass is 10.3. The molecule has 0 bridgehead atoms. The topological polar surface area (TPSA) is 87.3 Å². The Balaban J connectivity index is 1.80. The van der Waals surface area contributed by atoms with Crippen LogP contribution in [-0.2, 0) is 23.1 Å². The first-order chi connectivity index (χ1) is 14.0. The molecule has 1 amide bonds. The zero-order valence-corrected chi connectivity index (χ0v) is 17.7. The molecular formula is C19H24N6O3S. The summed E-state index contributed by atoms with van der Waals surface area (Å²) in [5.74, 6) is 1.30. The largest absolute Gasteiger partial charge is 0.479 e. The average molecular weight is 417 g/mol. The molecule has 0 saturated heterocycles. The first-order valence-electron chi connectivity index (χ1n) is 8.99. The van der Waals surface area contributed by atoms with Crippen LogP contribution in [0, 0.1) is 0 Å². The molecule has 0 aliphatic heterocycles. The number of methoxy groups -OCH3 is 2. The second kappa shape index (κ2) is 9.57. The maximum Gasteiger partial charge on any atom is 0.243 e. The molecule has 10 heteroatoms. The summed E-state index contributed by atoms with van der Waals surface area (Å²) in [5, 5.41) is 13.5. The van der Waals surface area contributed by atoms with Gasteiger partial charge < -0.3 is 14.4 Å². The average Bonchev–Trinajstić information content (AvgIpc) is 3.32. The summed E-state index contributed by atoms with van der Waals surface area (Å²) >= 11 is 1.34. The van der Waals surface area contributed by atoms with Gasteiger partial charge in [-0.05, 0) is 12.1 Å². The maximum absolute atomic E-state index is 12.6. The van der Waals surface area contributed by atoms with Crippen LogP contribution in [-0.4, -0.2) is 64.1 Å². The fraction of sp³-hybridized carbons (Fsp3) is 0.368. The molecule has 0 N–H and O–H groups in total. The predicted octanol–water partition coefficient (Wildman–Crippen LogP) is 2.09. The highest BCUT2D eigenvalue weighted by Crippen LogP contribution is 2.30. The number of para-hydroxylation sites is 1. The number of nitrogens with zero attached hydrogens (tertiary/aromatic N) is 6. The molecule has 2 aromatic heterocycles. The van der Waals surface area contributed by atoms with E-state index in [4.69, 9.17) is 9.47 Å². The van der Waals surface area contributed by atoms with E-state index in [0.29, 0.717) is 30.0 Å². The summed E-state index contributed by atoms with van der Waals surface area (Å²) in [7, 11) is 6.78. The van der Waals surface area contributed by atoms with Gasteiger partial charge in [-0.1, -0.05) is 30.0 Å². The summed E-state index contributed by atoms with van der Waals surface area (Å²) in [4.78, 5) is 14.2. The van der Waals surface area contributed by atoms with Crippen LogP contribution in [0.25, 0.3) is 11.4 Å². The van der Waals surface area contributed by atoms with Gasteiger partial charge in [0.1, 0.15) is 5.56 Å². The van der Waals surface area contributed by atoms with Crippen molar-refractivity contribution in [3.63, 3.8) is 0 Å². The third kappa shape index (κ3) is 4.77. The third-order valence-corrected chi connectivity index (χ3v) is 5.26. The molecule has 0 unspecified atom stereocenters. The van der Waals surface area contributed by atoms with E-state index in [-0.39, 0.29) is 11.7 Å². The molecule has 29 heavy (non-hydrogen) atoms. The minimum atomic E-state index is -0.0250. The fourth-order valence-electron chi connectivity index (χ4n) is 2.77. The fourth-order valence-corrected chi connectivity index (χ4v) is 3.65. The number of rotatable bonds is 9. The van der Waals surface area contributed by atoms with E-state index in [1.165, 1.54) is 11.8 Å². The molecule has 0 radical (unpaired) electrons. The van der Waals surface area contributed by atoms with E-state index in [9.17, 15) is 4.79 Å². The first-order valence-corrected chi connectivity index (χ1v) is 9.98. The van der Waals surface area contributed by atoms with Crippen LogP contribution < -0.4 is 9.64 Å². The maximum atomic E-state index is 12.6. The smallest absolute Gasteiger partial charge is 0.243 e. The normalized spacial score (nSPS) is 10.9. The molecule has 3 aromatic rings. The highest BCUT2D eigenvalue weighted by atomic mass is 32.2. The van der Waals surface area contributed by atoms with Gasteiger partial charge in [-0.2, -0.15) is 0 Å². The zero-order chi connectivity index (χ0) is 20.8. The molecule has 154 valence electrons. The first kappa shape index (κ1) is 20.9. The van der Waals surface area contributed by atoms with Crippen molar-refractivity contribution in [2.24, 2.45) is 7.05 Å². The van der Waals surface area contributed by atoms with Gasteiger partial charge >= 0.3 is 0 Å². The van der Waals surface area contributed by atoms with E-state index >= 15 is 0 Å². The minimum absolute atomic E-state index is 0.0250. The van der Waals surface area contributed by atoms with Gasteiger partial charge in [0.05, 0.1) is 26.0 Å². The number of anilines is 1. The van der Waals surface area contributed by atoms with Gasteiger partial charge in [-0.3, -0.25) is 14.0 Å². The molecule has 2 heterocycles. The lowest BCUT2D eigenvalue weighted by Gasteiger charge is -2.17. The van der Waals surface area contributed by atoms with E-state index < -0.39 is 0 Å². The number of thioether (sulfide) groups is 1. The van der Waals surface area contributed by atoms with Crippen LogP contribution in [0.4, 0.5) is 5.69 Å². The van der Waals surface area contributed by atoms with E-state index in [1.807, 2.05) is 48.1 Å². The van der Waals surface area contributed by atoms with Gasteiger partial charge in [-0.25, -0.2) is 0 Å². The Hall–Kier alpha value is -2.85. The molecule has 0 atom stereocenters. The third-order valence-electron chi connectivity index (χ3n) is 4.31. The van der Waals surface area contributed by atoms with Crippen molar-refractivity contribution in [2.45, 2.75) is 11.7 Å². The molecule has 0 spiro atoms. The monoisotopic (exact) mass is 416 g/mol. The molecule has 9 nitrogen and oxygen atoms in total. The number of aromatic nitrogens is 5. The quantitative estimate of drug-likeness (QED) is 0.494. The van der Waals surface area contributed by atoms with Crippen molar-refractivity contribution in [3.05, 3.63) is 36.5 Å². The van der Waals surface area contributed by atoms with Crippen molar-refractivity contribution < 1.29 is 14.3 Å². The number of hydrogen-bond acceptors (Lipinski definition) is 7. The summed E-state index contributed by atoms with van der Waals surface area (Å²) in [6.07, 6.45) is 1.83. The van der Waals surface area contributed by atoms with Crippen molar-refractivity contribution in [1.29, 1.82) is 0 Å². The molecule has 0 fully saturated rings. The highest BCUT2D eigenvalue weighted by molar-refractivity contribution is 7.99. The Morgan fingerprint density at radius 3 is 2.66 bits per heavy atom. The Labute approximate surface area is 173 Å². The number of ether oxygens (including phenoxy) is 2. The molecule has 0 saturated carbocycles. The lowest BCUT2D eigenvalue weighted by molar-refractivity contribution is -0.115. The Bertz CT molecular complexity index is 956. The van der Waals surface area contributed by atoms with Crippen LogP contribution in [0.5, 0.6) is 5.88 Å². The van der Waals surface area contributed by atoms with Crippen molar-refractivity contribution in [2.75, 3.05) is 38.5 Å². The van der Waals surface area contributed by atoms with Gasteiger partial charge in [-0.15, -0.1) is 15.3 Å². The predicted molar refractivity (Wildman–Crippen MR) is 111 cm³/mol. The van der Waals surface area contributed by atoms with Crippen LogP contribution in [0.2, 0.25) is 0 Å². The standard InChI is InChI=1S/C19H24N6O3S/c1-23-12-15(18(22-23)28-4)17-20-21-19(25(17)10-11-27-3)29-13-16(26)24(2)14-8-6-5-7-9-14/h5-9,12H,10-11,13H2,1-4H3. The number of carbonyl (C=O) groups excluding carboxylic acids is 1. The van der Waals surface area contributed by atoms with Gasteiger partial charge in [0, 0.05) is 33.1 Å². The number of amides is 1. The summed E-state index contributed by atoms with van der Waals surface area (Å²) in [6, 6.07) is 9.53. The van der Waals surface area contributed by atoms with Crippen LogP contribution in [0.1, 0.15) is 0 Å². The van der Waals surface area contributed by atoms with Gasteiger partial charge in [0.25, 0.3) is 0 Å². The van der Waals surface area contributed by atoms with Crippen LogP contribution in [0.3, 0.4) is 0 Å². The summed E-state index contributed by atoms with van der Waals surface area (Å²) in [6.45, 7) is 1.03. The molecule has 0 aliphatic rings. The van der Waals surface area contributed by atoms with Crippen LogP contribution in [0.15, 0.2) is 41.7 Å². The Morgan fingerprint density at radius 1 is 1.21 bits per heavy atom. The van der Waals surface area contributed by atoms with Crippen molar-refractivity contribution in [1.82, 2.24) is 24.5 Å². The van der Waals surface area contributed by atoms with E-state index in [0.717, 1.165) is 11.3 Å². The second-order valence-corrected chi connectivity index (χ2v) is 7.20. The summed E-state index contributed by atoms with van der Waals surface area (Å²) < 4.78 is 14.2.